The highest BCUT2D eigenvalue weighted by molar-refractivity contribution is 6.33. The quantitative estimate of drug-likeness (QED) is 0.765. The number of carbonyl (C=O) groups excluding carboxylic acids is 1. The van der Waals surface area contributed by atoms with E-state index < -0.39 is 0 Å². The van der Waals surface area contributed by atoms with Gasteiger partial charge in [0.1, 0.15) is 6.29 Å². The Morgan fingerprint density at radius 1 is 1.29 bits per heavy atom. The molecule has 0 radical (unpaired) electrons. The second kappa shape index (κ2) is 5.54. The summed E-state index contributed by atoms with van der Waals surface area (Å²) in [6, 6.07) is 5.97. The van der Waals surface area contributed by atoms with Gasteiger partial charge in [-0.05, 0) is 37.0 Å². The molecule has 0 N–H and O–H groups in total. The van der Waals surface area contributed by atoms with E-state index in [4.69, 9.17) is 11.6 Å². The summed E-state index contributed by atoms with van der Waals surface area (Å²) in [5.74, 6) is -0.0806. The van der Waals surface area contributed by atoms with Crippen LogP contribution in [-0.2, 0) is 4.79 Å². The maximum absolute atomic E-state index is 10.7. The van der Waals surface area contributed by atoms with Crippen LogP contribution in [0, 0.1) is 0 Å². The van der Waals surface area contributed by atoms with Crippen molar-refractivity contribution < 1.29 is 4.79 Å². The number of hydrogen-bond donors (Lipinski definition) is 0. The van der Waals surface area contributed by atoms with Crippen LogP contribution in [0.15, 0.2) is 18.2 Å². The van der Waals surface area contributed by atoms with Crippen LogP contribution in [0.4, 0.5) is 5.69 Å². The van der Waals surface area contributed by atoms with Crippen molar-refractivity contribution in [2.24, 2.45) is 0 Å². The first-order chi connectivity index (χ1) is 8.22. The number of hydrogen-bond acceptors (Lipinski definition) is 2. The van der Waals surface area contributed by atoms with E-state index in [1.165, 1.54) is 19.3 Å². The third-order valence-electron chi connectivity index (χ3n) is 3.40. The Bertz CT molecular complexity index is 399. The lowest BCUT2D eigenvalue weighted by Crippen LogP contribution is -2.29. The fraction of sp³-hybridized carbons (Fsp3) is 0.500. The van der Waals surface area contributed by atoms with Gasteiger partial charge in [-0.15, -0.1) is 0 Å². The van der Waals surface area contributed by atoms with E-state index in [-0.39, 0.29) is 5.92 Å². The van der Waals surface area contributed by atoms with Gasteiger partial charge in [-0.25, -0.2) is 0 Å². The maximum atomic E-state index is 10.7. The standard InChI is InChI=1S/C14H18ClNO/c1-11(10-17)12-5-6-14(13(15)9-12)16-7-3-2-4-8-16/h5-6,9-11H,2-4,7-8H2,1H3. The molecule has 0 saturated carbocycles. The van der Waals surface area contributed by atoms with Gasteiger partial charge in [-0.1, -0.05) is 24.6 Å². The van der Waals surface area contributed by atoms with Crippen molar-refractivity contribution in [1.82, 2.24) is 0 Å². The maximum Gasteiger partial charge on any atom is 0.127 e. The highest BCUT2D eigenvalue weighted by atomic mass is 35.5. The fourth-order valence-corrected chi connectivity index (χ4v) is 2.58. The Labute approximate surface area is 108 Å². The van der Waals surface area contributed by atoms with Crippen LogP contribution in [0.3, 0.4) is 0 Å². The van der Waals surface area contributed by atoms with Crippen molar-refractivity contribution in [3.05, 3.63) is 28.8 Å². The Kier molecular flexibility index (Phi) is 4.06. The first-order valence-electron chi connectivity index (χ1n) is 6.22. The lowest BCUT2D eigenvalue weighted by atomic mass is 10.0. The summed E-state index contributed by atoms with van der Waals surface area (Å²) in [6.07, 6.45) is 4.74. The summed E-state index contributed by atoms with van der Waals surface area (Å²) in [5, 5.41) is 0.762. The van der Waals surface area contributed by atoms with E-state index in [2.05, 4.69) is 4.90 Å². The van der Waals surface area contributed by atoms with Crippen LogP contribution in [0.2, 0.25) is 5.02 Å². The molecule has 0 aliphatic carbocycles. The zero-order valence-corrected chi connectivity index (χ0v) is 10.9. The molecule has 1 heterocycles. The summed E-state index contributed by atoms with van der Waals surface area (Å²) in [6.45, 7) is 4.06. The molecule has 1 unspecified atom stereocenters. The van der Waals surface area contributed by atoms with Gasteiger partial charge in [0.05, 0.1) is 10.7 Å². The lowest BCUT2D eigenvalue weighted by Gasteiger charge is -2.29. The summed E-state index contributed by atoms with van der Waals surface area (Å²) in [7, 11) is 0. The summed E-state index contributed by atoms with van der Waals surface area (Å²) in [4.78, 5) is 13.1. The van der Waals surface area contributed by atoms with Gasteiger partial charge in [0.25, 0.3) is 0 Å². The van der Waals surface area contributed by atoms with E-state index in [9.17, 15) is 4.79 Å². The van der Waals surface area contributed by atoms with Gasteiger partial charge in [-0.2, -0.15) is 0 Å². The SMILES string of the molecule is CC(C=O)c1ccc(N2CCCCC2)c(Cl)c1. The highest BCUT2D eigenvalue weighted by Gasteiger charge is 2.15. The number of carbonyl (C=O) groups is 1. The Hall–Kier alpha value is -1.02. The first-order valence-corrected chi connectivity index (χ1v) is 6.60. The van der Waals surface area contributed by atoms with Crippen LogP contribution in [0.5, 0.6) is 0 Å². The van der Waals surface area contributed by atoms with E-state index in [1.807, 2.05) is 25.1 Å². The minimum Gasteiger partial charge on any atom is -0.370 e. The molecule has 1 fully saturated rings. The van der Waals surface area contributed by atoms with Crippen molar-refractivity contribution in [3.63, 3.8) is 0 Å². The molecule has 0 bridgehead atoms. The van der Waals surface area contributed by atoms with Gasteiger partial charge in [-0.3, -0.25) is 0 Å². The number of anilines is 1. The van der Waals surface area contributed by atoms with E-state index in [0.717, 1.165) is 35.6 Å². The van der Waals surface area contributed by atoms with Gasteiger partial charge in [0.15, 0.2) is 0 Å². The average Bonchev–Trinajstić information content (AvgIpc) is 2.38. The van der Waals surface area contributed by atoms with Crippen molar-refractivity contribution in [1.29, 1.82) is 0 Å². The normalized spacial score (nSPS) is 17.9. The molecule has 1 atom stereocenters. The molecule has 0 aromatic heterocycles. The molecule has 1 aliphatic rings. The van der Waals surface area contributed by atoms with Gasteiger partial charge < -0.3 is 9.69 Å². The zero-order chi connectivity index (χ0) is 12.3. The molecule has 1 aromatic carbocycles. The number of benzene rings is 1. The van der Waals surface area contributed by atoms with Crippen molar-refractivity contribution in [3.8, 4) is 0 Å². The molecular formula is C14H18ClNO. The van der Waals surface area contributed by atoms with Gasteiger partial charge in [0.2, 0.25) is 0 Å². The fourth-order valence-electron chi connectivity index (χ4n) is 2.28. The Morgan fingerprint density at radius 3 is 2.59 bits per heavy atom. The largest absolute Gasteiger partial charge is 0.370 e. The summed E-state index contributed by atoms with van der Waals surface area (Å²) < 4.78 is 0. The molecule has 1 aromatic rings. The minimum atomic E-state index is -0.0806. The zero-order valence-electron chi connectivity index (χ0n) is 10.2. The van der Waals surface area contributed by atoms with Crippen molar-refractivity contribution in [2.75, 3.05) is 18.0 Å². The van der Waals surface area contributed by atoms with E-state index in [1.54, 1.807) is 0 Å². The van der Waals surface area contributed by atoms with Crippen LogP contribution in [0.25, 0.3) is 0 Å². The van der Waals surface area contributed by atoms with Crippen molar-refractivity contribution >= 4 is 23.6 Å². The lowest BCUT2D eigenvalue weighted by molar-refractivity contribution is -0.108. The van der Waals surface area contributed by atoms with Crippen LogP contribution >= 0.6 is 11.6 Å². The molecule has 92 valence electrons. The average molecular weight is 252 g/mol. The molecule has 3 heteroatoms. The minimum absolute atomic E-state index is 0.0806. The molecule has 1 aliphatic heterocycles. The van der Waals surface area contributed by atoms with Crippen LogP contribution < -0.4 is 4.90 Å². The Balaban J connectivity index is 2.21. The molecule has 2 nitrogen and oxygen atoms in total. The van der Waals surface area contributed by atoms with E-state index in [0.29, 0.717) is 0 Å². The molecular weight excluding hydrogens is 234 g/mol. The second-order valence-electron chi connectivity index (χ2n) is 4.68. The van der Waals surface area contributed by atoms with Crippen LogP contribution in [-0.4, -0.2) is 19.4 Å². The van der Waals surface area contributed by atoms with E-state index >= 15 is 0 Å². The topological polar surface area (TPSA) is 20.3 Å². The number of nitrogens with zero attached hydrogens (tertiary/aromatic N) is 1. The highest BCUT2D eigenvalue weighted by Crippen LogP contribution is 2.30. The predicted molar refractivity (Wildman–Crippen MR) is 72.0 cm³/mol. The van der Waals surface area contributed by atoms with Gasteiger partial charge >= 0.3 is 0 Å². The number of rotatable bonds is 3. The smallest absolute Gasteiger partial charge is 0.127 e. The third kappa shape index (κ3) is 2.81. The molecule has 0 spiro atoms. The Morgan fingerprint density at radius 2 is 2.00 bits per heavy atom. The summed E-state index contributed by atoms with van der Waals surface area (Å²) >= 11 is 6.31. The number of aldehydes is 1. The van der Waals surface area contributed by atoms with Gasteiger partial charge in [0, 0.05) is 19.0 Å². The second-order valence-corrected chi connectivity index (χ2v) is 5.09. The monoisotopic (exact) mass is 251 g/mol. The third-order valence-corrected chi connectivity index (χ3v) is 3.70. The van der Waals surface area contributed by atoms with Crippen LogP contribution in [0.1, 0.15) is 37.7 Å². The number of halogens is 1. The molecule has 1 saturated heterocycles. The summed E-state index contributed by atoms with van der Waals surface area (Å²) in [5.41, 5.74) is 2.10. The van der Waals surface area contributed by atoms with Crippen molar-refractivity contribution in [2.45, 2.75) is 32.1 Å². The molecule has 0 amide bonds. The first kappa shape index (κ1) is 12.4. The molecule has 2 rings (SSSR count). The molecule has 17 heavy (non-hydrogen) atoms. The predicted octanol–water partition coefficient (Wildman–Crippen LogP) is 3.63. The number of piperidine rings is 1.